The Morgan fingerprint density at radius 3 is 1.31 bits per heavy atom. The number of carboxylic acid groups (broad SMARTS) is 3. The molecule has 0 amide bonds. The summed E-state index contributed by atoms with van der Waals surface area (Å²) in [5.74, 6) is -5.19. The molecule has 0 aromatic heterocycles. The second-order valence-corrected chi connectivity index (χ2v) is 6.56. The summed E-state index contributed by atoms with van der Waals surface area (Å²) in [5, 5.41) is 28.1. The van der Waals surface area contributed by atoms with E-state index >= 15 is 0 Å². The van der Waals surface area contributed by atoms with Crippen molar-refractivity contribution in [2.24, 2.45) is 0 Å². The van der Waals surface area contributed by atoms with E-state index in [-0.39, 0.29) is 21.9 Å². The zero-order valence-corrected chi connectivity index (χ0v) is 14.2. The monoisotopic (exact) mass is 360 g/mol. The minimum Gasteiger partial charge on any atom is -0.478 e. The van der Waals surface area contributed by atoms with Crippen LogP contribution in [0.15, 0.2) is 24.3 Å². The van der Waals surface area contributed by atoms with Gasteiger partial charge in [-0.25, -0.2) is 19.2 Å². The van der Waals surface area contributed by atoms with Gasteiger partial charge in [0.25, 0.3) is 0 Å². The standard InChI is InChI=1S/C18H16O8/c1-18(2,3)26-17(25)13-7-9-5-11(15(21)22)10(14(19)20)4-8(9)6-12(13)16(23)24/h4-7H,1-3H3,(H,19,20)(H,21,22)(H,23,24). The second-order valence-electron chi connectivity index (χ2n) is 6.56. The van der Waals surface area contributed by atoms with Crippen LogP contribution in [0.25, 0.3) is 10.8 Å². The Balaban J connectivity index is 2.78. The molecule has 0 saturated carbocycles. The minimum absolute atomic E-state index is 0.178. The summed E-state index contributed by atoms with van der Waals surface area (Å²) in [5.41, 5.74) is -2.43. The number of esters is 1. The number of carbonyl (C=O) groups excluding carboxylic acids is 1. The van der Waals surface area contributed by atoms with Gasteiger partial charge in [-0.05, 0) is 55.8 Å². The van der Waals surface area contributed by atoms with E-state index < -0.39 is 40.6 Å². The van der Waals surface area contributed by atoms with Gasteiger partial charge in [-0.2, -0.15) is 0 Å². The van der Waals surface area contributed by atoms with Gasteiger partial charge in [0.05, 0.1) is 22.3 Å². The molecular formula is C18H16O8. The predicted molar refractivity (Wildman–Crippen MR) is 90.0 cm³/mol. The van der Waals surface area contributed by atoms with Crippen molar-refractivity contribution in [1.29, 1.82) is 0 Å². The van der Waals surface area contributed by atoms with E-state index in [1.54, 1.807) is 20.8 Å². The molecule has 0 atom stereocenters. The number of fused-ring (bicyclic) bond motifs is 1. The van der Waals surface area contributed by atoms with Gasteiger partial charge in [0.15, 0.2) is 0 Å². The largest absolute Gasteiger partial charge is 0.478 e. The molecule has 0 fully saturated rings. The molecule has 0 aliphatic heterocycles. The van der Waals surface area contributed by atoms with Gasteiger partial charge < -0.3 is 20.1 Å². The zero-order valence-electron chi connectivity index (χ0n) is 14.2. The first-order valence-corrected chi connectivity index (χ1v) is 7.45. The second kappa shape index (κ2) is 6.47. The van der Waals surface area contributed by atoms with Crippen LogP contribution in [0, 0.1) is 0 Å². The van der Waals surface area contributed by atoms with Crippen LogP contribution < -0.4 is 0 Å². The van der Waals surface area contributed by atoms with Crippen LogP contribution in [0.2, 0.25) is 0 Å². The van der Waals surface area contributed by atoms with Crippen molar-refractivity contribution in [3.63, 3.8) is 0 Å². The summed E-state index contributed by atoms with van der Waals surface area (Å²) in [7, 11) is 0. The molecule has 0 spiro atoms. The minimum atomic E-state index is -1.46. The third kappa shape index (κ3) is 3.80. The van der Waals surface area contributed by atoms with Crippen molar-refractivity contribution in [3.05, 3.63) is 46.5 Å². The van der Waals surface area contributed by atoms with Crippen LogP contribution in [-0.2, 0) is 4.74 Å². The van der Waals surface area contributed by atoms with Crippen molar-refractivity contribution in [2.75, 3.05) is 0 Å². The highest BCUT2D eigenvalue weighted by Gasteiger charge is 2.25. The van der Waals surface area contributed by atoms with E-state index in [1.165, 1.54) is 6.07 Å². The van der Waals surface area contributed by atoms with E-state index in [9.17, 15) is 29.4 Å². The first-order chi connectivity index (χ1) is 11.9. The Labute approximate surface area is 147 Å². The highest BCUT2D eigenvalue weighted by molar-refractivity contribution is 6.10. The van der Waals surface area contributed by atoms with Gasteiger partial charge in [-0.3, -0.25) is 0 Å². The van der Waals surface area contributed by atoms with Gasteiger partial charge in [-0.1, -0.05) is 0 Å². The first-order valence-electron chi connectivity index (χ1n) is 7.45. The lowest BCUT2D eigenvalue weighted by Gasteiger charge is -2.20. The summed E-state index contributed by atoms with van der Waals surface area (Å²) in [4.78, 5) is 46.4. The average molecular weight is 360 g/mol. The Bertz CT molecular complexity index is 950. The third-order valence-corrected chi connectivity index (χ3v) is 3.42. The fourth-order valence-corrected chi connectivity index (χ4v) is 2.38. The molecular weight excluding hydrogens is 344 g/mol. The van der Waals surface area contributed by atoms with Crippen molar-refractivity contribution in [3.8, 4) is 0 Å². The lowest BCUT2D eigenvalue weighted by Crippen LogP contribution is -2.25. The fourth-order valence-electron chi connectivity index (χ4n) is 2.38. The third-order valence-electron chi connectivity index (χ3n) is 3.42. The van der Waals surface area contributed by atoms with Crippen molar-refractivity contribution >= 4 is 34.6 Å². The molecule has 3 N–H and O–H groups in total. The Morgan fingerprint density at radius 1 is 0.692 bits per heavy atom. The maximum atomic E-state index is 12.3. The summed E-state index contributed by atoms with van der Waals surface area (Å²) >= 11 is 0. The van der Waals surface area contributed by atoms with Crippen LogP contribution in [-0.4, -0.2) is 44.8 Å². The molecule has 2 aromatic carbocycles. The SMILES string of the molecule is CC(C)(C)OC(=O)c1cc2cc(C(=O)O)c(C(=O)O)cc2cc1C(=O)O. The molecule has 0 radical (unpaired) electrons. The maximum Gasteiger partial charge on any atom is 0.339 e. The summed E-state index contributed by atoms with van der Waals surface area (Å²) in [6.45, 7) is 4.86. The van der Waals surface area contributed by atoms with E-state index in [0.29, 0.717) is 0 Å². The normalized spacial score (nSPS) is 11.2. The van der Waals surface area contributed by atoms with Gasteiger partial charge in [0.1, 0.15) is 5.60 Å². The zero-order chi connectivity index (χ0) is 19.8. The van der Waals surface area contributed by atoms with Gasteiger partial charge in [-0.15, -0.1) is 0 Å². The van der Waals surface area contributed by atoms with Crippen LogP contribution in [0.4, 0.5) is 0 Å². The summed E-state index contributed by atoms with van der Waals surface area (Å²) in [6, 6.07) is 4.45. The van der Waals surface area contributed by atoms with Crippen LogP contribution in [0.1, 0.15) is 62.2 Å². The molecule has 0 heterocycles. The molecule has 0 bridgehead atoms. The summed E-state index contributed by atoms with van der Waals surface area (Å²) < 4.78 is 5.19. The van der Waals surface area contributed by atoms with Crippen LogP contribution in [0.5, 0.6) is 0 Å². The molecule has 8 nitrogen and oxygen atoms in total. The van der Waals surface area contributed by atoms with Crippen LogP contribution >= 0.6 is 0 Å². The van der Waals surface area contributed by atoms with E-state index in [2.05, 4.69) is 0 Å². The number of carboxylic acids is 3. The smallest absolute Gasteiger partial charge is 0.339 e. The topological polar surface area (TPSA) is 138 Å². The maximum absolute atomic E-state index is 12.3. The lowest BCUT2D eigenvalue weighted by molar-refractivity contribution is 0.00657. The van der Waals surface area contributed by atoms with Gasteiger partial charge in [0.2, 0.25) is 0 Å². The average Bonchev–Trinajstić information content (AvgIpc) is 2.50. The Hall–Kier alpha value is -3.42. The molecule has 8 heteroatoms. The number of hydrogen-bond donors (Lipinski definition) is 3. The van der Waals surface area contributed by atoms with Gasteiger partial charge >= 0.3 is 23.9 Å². The molecule has 0 unspecified atom stereocenters. The highest BCUT2D eigenvalue weighted by Crippen LogP contribution is 2.26. The molecule has 0 aliphatic carbocycles. The highest BCUT2D eigenvalue weighted by atomic mass is 16.6. The molecule has 26 heavy (non-hydrogen) atoms. The fraction of sp³-hybridized carbons (Fsp3) is 0.222. The van der Waals surface area contributed by atoms with Gasteiger partial charge in [0, 0.05) is 0 Å². The summed E-state index contributed by atoms with van der Waals surface area (Å²) in [6.07, 6.45) is 0. The molecule has 2 rings (SSSR count). The van der Waals surface area contributed by atoms with E-state index in [1.807, 2.05) is 0 Å². The van der Waals surface area contributed by atoms with Crippen molar-refractivity contribution < 1.29 is 39.2 Å². The quantitative estimate of drug-likeness (QED) is 0.708. The number of ether oxygens (including phenoxy) is 1. The number of carbonyl (C=O) groups is 4. The van der Waals surface area contributed by atoms with E-state index in [0.717, 1.165) is 18.2 Å². The van der Waals surface area contributed by atoms with Crippen molar-refractivity contribution in [2.45, 2.75) is 26.4 Å². The molecule has 0 saturated heterocycles. The molecule has 136 valence electrons. The van der Waals surface area contributed by atoms with Crippen LogP contribution in [0.3, 0.4) is 0 Å². The van der Waals surface area contributed by atoms with E-state index in [4.69, 9.17) is 9.84 Å². The first kappa shape index (κ1) is 18.9. The number of hydrogen-bond acceptors (Lipinski definition) is 5. The number of benzene rings is 2. The molecule has 2 aromatic rings. The molecule has 0 aliphatic rings. The lowest BCUT2D eigenvalue weighted by atomic mass is 9.96. The number of aromatic carboxylic acids is 3. The Morgan fingerprint density at radius 2 is 1.00 bits per heavy atom. The predicted octanol–water partition coefficient (Wildman–Crippen LogP) is 2.89. The Kier molecular flexibility index (Phi) is 4.71. The van der Waals surface area contributed by atoms with Crippen molar-refractivity contribution in [1.82, 2.24) is 0 Å². The number of rotatable bonds is 4.